The zero-order valence-electron chi connectivity index (χ0n) is 10.1. The molecular formula is C14H18INO. The number of rotatable bonds is 5. The Balaban J connectivity index is 2.85. The lowest BCUT2D eigenvalue weighted by Crippen LogP contribution is -2.21. The van der Waals surface area contributed by atoms with Crippen LogP contribution in [0, 0.1) is 0 Å². The third-order valence-corrected chi connectivity index (χ3v) is 3.95. The largest absolute Gasteiger partial charge is 0.355 e. The molecule has 0 spiro atoms. The van der Waals surface area contributed by atoms with Gasteiger partial charge in [0.1, 0.15) is 0 Å². The molecule has 0 radical (unpaired) electrons. The molecule has 1 aliphatic carbocycles. The van der Waals surface area contributed by atoms with Gasteiger partial charge in [0.2, 0.25) is 0 Å². The minimum Gasteiger partial charge on any atom is -0.355 e. The second-order valence-corrected chi connectivity index (χ2v) is 5.76. The summed E-state index contributed by atoms with van der Waals surface area (Å²) in [6.07, 6.45) is 13.8. The second-order valence-electron chi connectivity index (χ2n) is 3.60. The van der Waals surface area contributed by atoms with Crippen LogP contribution < -0.4 is 5.32 Å². The molecule has 17 heavy (non-hydrogen) atoms. The van der Waals surface area contributed by atoms with Gasteiger partial charge in [-0.3, -0.25) is 4.79 Å². The Morgan fingerprint density at radius 3 is 2.65 bits per heavy atom. The Morgan fingerprint density at radius 1 is 1.29 bits per heavy atom. The normalized spacial score (nSPS) is 14.6. The topological polar surface area (TPSA) is 29.1 Å². The molecule has 1 rings (SSSR count). The number of hydrogen-bond acceptors (Lipinski definition) is 1. The molecule has 0 bridgehead atoms. The van der Waals surface area contributed by atoms with Gasteiger partial charge < -0.3 is 5.32 Å². The molecule has 1 aliphatic rings. The van der Waals surface area contributed by atoms with E-state index in [0.717, 1.165) is 24.0 Å². The molecule has 0 atom stereocenters. The van der Waals surface area contributed by atoms with E-state index in [1.807, 2.05) is 36.5 Å². The summed E-state index contributed by atoms with van der Waals surface area (Å²) in [6.45, 7) is 0. The highest BCUT2D eigenvalue weighted by Crippen LogP contribution is 2.19. The van der Waals surface area contributed by atoms with E-state index < -0.39 is 0 Å². The zero-order chi connectivity index (χ0) is 12.5. The van der Waals surface area contributed by atoms with Gasteiger partial charge in [-0.25, -0.2) is 0 Å². The van der Waals surface area contributed by atoms with Crippen molar-refractivity contribution in [2.45, 2.75) is 12.8 Å². The maximum Gasteiger partial charge on any atom is 0.251 e. The van der Waals surface area contributed by atoms with E-state index in [4.69, 9.17) is 0 Å². The van der Waals surface area contributed by atoms with Crippen LogP contribution >= 0.6 is 20.7 Å². The first-order valence-corrected chi connectivity index (χ1v) is 8.64. The van der Waals surface area contributed by atoms with Crippen molar-refractivity contribution in [1.82, 2.24) is 5.32 Å². The van der Waals surface area contributed by atoms with Gasteiger partial charge in [0, 0.05) is 12.6 Å². The smallest absolute Gasteiger partial charge is 0.251 e. The third kappa shape index (κ3) is 4.81. The molecule has 0 heterocycles. The fraction of sp³-hybridized carbons (Fsp3) is 0.286. The SMILES string of the molecule is C=ICCCC1=CC=CC=CC=C1C(=O)NC. The first-order valence-electron chi connectivity index (χ1n) is 5.59. The van der Waals surface area contributed by atoms with Crippen LogP contribution in [0.3, 0.4) is 0 Å². The minimum atomic E-state index is -0.0134. The molecule has 0 unspecified atom stereocenters. The third-order valence-electron chi connectivity index (χ3n) is 2.42. The van der Waals surface area contributed by atoms with Crippen molar-refractivity contribution in [1.29, 1.82) is 0 Å². The van der Waals surface area contributed by atoms with Crippen LogP contribution in [-0.2, 0) is 4.79 Å². The highest BCUT2D eigenvalue weighted by atomic mass is 127. The quantitative estimate of drug-likeness (QED) is 0.464. The van der Waals surface area contributed by atoms with E-state index in [1.165, 1.54) is 4.43 Å². The summed E-state index contributed by atoms with van der Waals surface area (Å²) in [5, 5.41) is 2.69. The highest BCUT2D eigenvalue weighted by Gasteiger charge is 2.11. The van der Waals surface area contributed by atoms with E-state index >= 15 is 0 Å². The Kier molecular flexibility index (Phi) is 6.77. The molecule has 0 aromatic carbocycles. The predicted octanol–water partition coefficient (Wildman–Crippen LogP) is 2.89. The summed E-state index contributed by atoms with van der Waals surface area (Å²) in [6, 6.07) is 0. The average molecular weight is 343 g/mol. The van der Waals surface area contributed by atoms with Gasteiger partial charge in [0.25, 0.3) is 5.91 Å². The van der Waals surface area contributed by atoms with E-state index in [0.29, 0.717) is 0 Å². The van der Waals surface area contributed by atoms with Crippen LogP contribution in [0.15, 0.2) is 47.6 Å². The summed E-state index contributed by atoms with van der Waals surface area (Å²) in [4.78, 5) is 11.8. The van der Waals surface area contributed by atoms with Gasteiger partial charge in [-0.15, -0.1) is 20.7 Å². The van der Waals surface area contributed by atoms with E-state index in [9.17, 15) is 4.79 Å². The van der Waals surface area contributed by atoms with E-state index in [-0.39, 0.29) is 26.6 Å². The van der Waals surface area contributed by atoms with Gasteiger partial charge in [-0.05, 0) is 28.9 Å². The molecule has 2 nitrogen and oxygen atoms in total. The molecule has 0 aliphatic heterocycles. The van der Waals surface area contributed by atoms with Crippen molar-refractivity contribution in [2.75, 3.05) is 11.5 Å². The first-order chi connectivity index (χ1) is 8.29. The monoisotopic (exact) mass is 343 g/mol. The molecule has 0 aromatic rings. The van der Waals surface area contributed by atoms with Gasteiger partial charge in [0.05, 0.1) is 0 Å². The second kappa shape index (κ2) is 8.17. The molecule has 0 fully saturated rings. The molecule has 92 valence electrons. The number of carbonyl (C=O) groups is 1. The molecule has 1 N–H and O–H groups in total. The highest BCUT2D eigenvalue weighted by molar-refractivity contribution is 14.2. The summed E-state index contributed by atoms with van der Waals surface area (Å²) < 4.78 is 5.15. The standard InChI is InChI=1S/C14H18INO/c1-15-11-7-9-12-8-5-3-4-6-10-13(12)14(17)16-2/h3-6,8,10H,1,7,9,11H2,2H3,(H,16,17). The number of likely N-dealkylation sites (N-methyl/N-ethyl adjacent to an activating group) is 1. The Labute approximate surface area is 113 Å². The average Bonchev–Trinajstić information content (AvgIpc) is 2.31. The van der Waals surface area contributed by atoms with Gasteiger partial charge in [0.15, 0.2) is 0 Å². The lowest BCUT2D eigenvalue weighted by atomic mass is 9.98. The zero-order valence-corrected chi connectivity index (χ0v) is 12.2. The molecule has 3 heteroatoms. The molecular weight excluding hydrogens is 325 g/mol. The summed E-state index contributed by atoms with van der Waals surface area (Å²) >= 11 is 0.103. The van der Waals surface area contributed by atoms with Gasteiger partial charge in [-0.2, -0.15) is 0 Å². The number of halogens is 1. The maximum absolute atomic E-state index is 11.8. The van der Waals surface area contributed by atoms with Crippen LogP contribution in [0.25, 0.3) is 0 Å². The fourth-order valence-electron chi connectivity index (χ4n) is 1.57. The van der Waals surface area contributed by atoms with E-state index in [1.54, 1.807) is 7.05 Å². The Morgan fingerprint density at radius 2 is 2.00 bits per heavy atom. The number of amides is 1. The van der Waals surface area contributed by atoms with Crippen molar-refractivity contribution < 1.29 is 4.79 Å². The van der Waals surface area contributed by atoms with Crippen LogP contribution in [0.4, 0.5) is 0 Å². The number of nitrogens with one attached hydrogen (secondary N) is 1. The summed E-state index contributed by atoms with van der Waals surface area (Å²) in [7, 11) is 1.67. The van der Waals surface area contributed by atoms with Crippen LogP contribution in [0.5, 0.6) is 0 Å². The van der Waals surface area contributed by atoms with Crippen molar-refractivity contribution in [3.05, 3.63) is 47.6 Å². The minimum absolute atomic E-state index is 0.0134. The van der Waals surface area contributed by atoms with Gasteiger partial charge >= 0.3 is 0 Å². The number of carbonyl (C=O) groups excluding carboxylic acids is 1. The predicted molar refractivity (Wildman–Crippen MR) is 83.8 cm³/mol. The van der Waals surface area contributed by atoms with Crippen LogP contribution in [-0.4, -0.2) is 21.9 Å². The fourth-order valence-corrected chi connectivity index (χ4v) is 2.50. The van der Waals surface area contributed by atoms with E-state index in [2.05, 4.69) is 9.83 Å². The lowest BCUT2D eigenvalue weighted by Gasteiger charge is -2.10. The number of hydrogen-bond donors (Lipinski definition) is 1. The first kappa shape index (κ1) is 14.1. The van der Waals surface area contributed by atoms with Crippen molar-refractivity contribution in [2.24, 2.45) is 0 Å². The summed E-state index contributed by atoms with van der Waals surface area (Å²) in [5.41, 5.74) is 1.89. The Bertz CT molecular complexity index is 402. The van der Waals surface area contributed by atoms with Gasteiger partial charge in [-0.1, -0.05) is 34.9 Å². The molecule has 0 saturated carbocycles. The number of alkyl halides is 1. The maximum atomic E-state index is 11.8. The lowest BCUT2D eigenvalue weighted by molar-refractivity contribution is -0.116. The number of allylic oxidation sites excluding steroid dienone is 6. The van der Waals surface area contributed by atoms with Crippen molar-refractivity contribution in [3.63, 3.8) is 0 Å². The van der Waals surface area contributed by atoms with Crippen LogP contribution in [0.1, 0.15) is 12.8 Å². The molecule has 0 aromatic heterocycles. The molecule has 1 amide bonds. The van der Waals surface area contributed by atoms with Crippen LogP contribution in [0.2, 0.25) is 0 Å². The molecule has 0 saturated heterocycles. The summed E-state index contributed by atoms with van der Waals surface area (Å²) in [5.74, 6) is -0.0134. The van der Waals surface area contributed by atoms with Crippen molar-refractivity contribution >= 4 is 31.2 Å². The Hall–Kier alpha value is -0.970. The van der Waals surface area contributed by atoms with Crippen molar-refractivity contribution in [3.8, 4) is 0 Å².